The molecule has 11 heteroatoms. The zero-order valence-corrected chi connectivity index (χ0v) is 30.3. The SMILES string of the molecule is COc1cccc(CN(C(=O)CN(c2cc(Cl)ccc2OC)S(=O)(=O)c2ccc(C)cc2)[C@H](Cc2ccccc2)C(=O)NC2CCCCC2)c1. The molecule has 0 saturated heterocycles. The van der Waals surface area contributed by atoms with Gasteiger partial charge in [-0.15, -0.1) is 0 Å². The van der Waals surface area contributed by atoms with Gasteiger partial charge in [0, 0.05) is 24.0 Å². The minimum Gasteiger partial charge on any atom is -0.497 e. The van der Waals surface area contributed by atoms with Gasteiger partial charge < -0.3 is 19.7 Å². The molecular formula is C39H44ClN3O6S. The highest BCUT2D eigenvalue weighted by atomic mass is 35.5. The lowest BCUT2D eigenvalue weighted by Gasteiger charge is -2.35. The molecule has 1 aliphatic carbocycles. The summed E-state index contributed by atoms with van der Waals surface area (Å²) in [5, 5.41) is 3.49. The van der Waals surface area contributed by atoms with Crippen LogP contribution in [0, 0.1) is 6.92 Å². The van der Waals surface area contributed by atoms with Crippen LogP contribution in [0.3, 0.4) is 0 Å². The van der Waals surface area contributed by atoms with Crippen molar-refractivity contribution in [3.63, 3.8) is 0 Å². The van der Waals surface area contributed by atoms with Crippen molar-refractivity contribution < 1.29 is 27.5 Å². The van der Waals surface area contributed by atoms with Gasteiger partial charge in [0.1, 0.15) is 24.1 Å². The van der Waals surface area contributed by atoms with Crippen molar-refractivity contribution in [1.29, 1.82) is 0 Å². The number of anilines is 1. The number of hydrogen-bond acceptors (Lipinski definition) is 6. The maximum Gasteiger partial charge on any atom is 0.264 e. The van der Waals surface area contributed by atoms with E-state index in [-0.39, 0.29) is 46.3 Å². The van der Waals surface area contributed by atoms with E-state index in [1.165, 1.54) is 30.2 Å². The van der Waals surface area contributed by atoms with Crippen LogP contribution in [0.25, 0.3) is 0 Å². The number of carbonyl (C=O) groups excluding carboxylic acids is 2. The number of sulfonamides is 1. The normalized spacial score (nSPS) is 14.0. The molecule has 0 heterocycles. The Hall–Kier alpha value is -4.54. The Morgan fingerprint density at radius 3 is 2.24 bits per heavy atom. The van der Waals surface area contributed by atoms with Gasteiger partial charge in [-0.05, 0) is 73.4 Å². The molecule has 0 aromatic heterocycles. The summed E-state index contributed by atoms with van der Waals surface area (Å²) < 4.78 is 40.9. The Kier molecular flexibility index (Phi) is 12.4. The van der Waals surface area contributed by atoms with Crippen molar-refractivity contribution in [2.24, 2.45) is 0 Å². The molecule has 4 aromatic carbocycles. The maximum atomic E-state index is 14.9. The molecule has 9 nitrogen and oxygen atoms in total. The number of aryl methyl sites for hydroxylation is 1. The van der Waals surface area contributed by atoms with Gasteiger partial charge in [0.2, 0.25) is 11.8 Å². The van der Waals surface area contributed by atoms with Crippen molar-refractivity contribution in [3.05, 3.63) is 119 Å². The third-order valence-electron chi connectivity index (χ3n) is 9.01. The first kappa shape index (κ1) is 36.7. The largest absolute Gasteiger partial charge is 0.497 e. The average molecular weight is 718 g/mol. The van der Waals surface area contributed by atoms with E-state index in [2.05, 4.69) is 5.32 Å². The number of carbonyl (C=O) groups is 2. The quantitative estimate of drug-likeness (QED) is 0.151. The van der Waals surface area contributed by atoms with Crippen LogP contribution in [-0.2, 0) is 32.6 Å². The van der Waals surface area contributed by atoms with Crippen LogP contribution < -0.4 is 19.1 Å². The monoisotopic (exact) mass is 717 g/mol. The molecule has 0 spiro atoms. The first-order chi connectivity index (χ1) is 24.1. The summed E-state index contributed by atoms with van der Waals surface area (Å²) in [7, 11) is -1.35. The summed E-state index contributed by atoms with van der Waals surface area (Å²) >= 11 is 6.41. The standard InChI is InChI=1S/C39H44ClN3O6S/c1-28-17-20-34(21-18-28)50(46,47)43(35-25-31(40)19-22-37(35)49-3)27-38(44)42(26-30-13-10-16-33(23-30)48-2)36(24-29-11-6-4-7-12-29)39(45)41-32-14-8-5-9-15-32/h4,6-7,10-13,16-23,25,32,36H,5,8-9,14-15,24,26-27H2,1-3H3,(H,41,45)/t36-/m1/s1. The predicted octanol–water partition coefficient (Wildman–Crippen LogP) is 6.95. The van der Waals surface area contributed by atoms with E-state index >= 15 is 0 Å². The molecule has 264 valence electrons. The summed E-state index contributed by atoms with van der Waals surface area (Å²) in [6.07, 6.45) is 5.12. The minimum absolute atomic E-state index is 0.00238. The second kappa shape index (κ2) is 16.9. The van der Waals surface area contributed by atoms with Crippen LogP contribution in [0.15, 0.2) is 102 Å². The fraction of sp³-hybridized carbons (Fsp3) is 0.333. The van der Waals surface area contributed by atoms with Crippen molar-refractivity contribution in [2.45, 2.75) is 69.0 Å². The zero-order valence-electron chi connectivity index (χ0n) is 28.7. The number of rotatable bonds is 14. The van der Waals surface area contributed by atoms with Gasteiger partial charge in [-0.2, -0.15) is 0 Å². The van der Waals surface area contributed by atoms with Crippen molar-refractivity contribution in [1.82, 2.24) is 10.2 Å². The Labute approximate surface area is 300 Å². The van der Waals surface area contributed by atoms with Gasteiger partial charge in [-0.3, -0.25) is 13.9 Å². The van der Waals surface area contributed by atoms with E-state index in [9.17, 15) is 18.0 Å². The topological polar surface area (TPSA) is 105 Å². The fourth-order valence-corrected chi connectivity index (χ4v) is 7.86. The smallest absolute Gasteiger partial charge is 0.264 e. The van der Waals surface area contributed by atoms with Gasteiger partial charge in [0.05, 0.1) is 24.8 Å². The lowest BCUT2D eigenvalue weighted by atomic mass is 9.94. The van der Waals surface area contributed by atoms with Crippen LogP contribution in [0.2, 0.25) is 5.02 Å². The molecule has 0 bridgehead atoms. The minimum atomic E-state index is -4.33. The number of amides is 2. The lowest BCUT2D eigenvalue weighted by Crippen LogP contribution is -2.55. The third-order valence-corrected chi connectivity index (χ3v) is 11.0. The molecule has 4 aromatic rings. The van der Waals surface area contributed by atoms with Crippen LogP contribution >= 0.6 is 11.6 Å². The molecule has 5 rings (SSSR count). The van der Waals surface area contributed by atoms with Gasteiger partial charge in [0.25, 0.3) is 10.0 Å². The first-order valence-electron chi connectivity index (χ1n) is 16.8. The van der Waals surface area contributed by atoms with E-state index in [1.54, 1.807) is 43.5 Å². The summed E-state index contributed by atoms with van der Waals surface area (Å²) in [5.41, 5.74) is 2.56. The molecule has 0 unspecified atom stereocenters. The highest BCUT2D eigenvalue weighted by molar-refractivity contribution is 7.92. The van der Waals surface area contributed by atoms with Crippen LogP contribution in [-0.4, -0.2) is 58.0 Å². The number of benzene rings is 4. The van der Waals surface area contributed by atoms with Gasteiger partial charge in [0.15, 0.2) is 0 Å². The Balaban J connectivity index is 1.61. The van der Waals surface area contributed by atoms with Crippen molar-refractivity contribution in [2.75, 3.05) is 25.1 Å². The van der Waals surface area contributed by atoms with E-state index < -0.39 is 28.5 Å². The molecule has 50 heavy (non-hydrogen) atoms. The number of methoxy groups -OCH3 is 2. The molecule has 2 amide bonds. The number of hydrogen-bond donors (Lipinski definition) is 1. The van der Waals surface area contributed by atoms with Gasteiger partial charge >= 0.3 is 0 Å². The van der Waals surface area contributed by atoms with Crippen LogP contribution in [0.5, 0.6) is 11.5 Å². The fourth-order valence-electron chi connectivity index (χ4n) is 6.27. The van der Waals surface area contributed by atoms with Crippen molar-refractivity contribution >= 4 is 39.1 Å². The summed E-state index contributed by atoms with van der Waals surface area (Å²) in [6, 6.07) is 26.8. The second-order valence-corrected chi connectivity index (χ2v) is 14.9. The van der Waals surface area contributed by atoms with Gasteiger partial charge in [-0.1, -0.05) is 91.0 Å². The molecule has 1 N–H and O–H groups in total. The summed E-state index contributed by atoms with van der Waals surface area (Å²) in [4.78, 5) is 30.7. The third kappa shape index (κ3) is 9.17. The molecule has 0 radical (unpaired) electrons. The number of halogens is 1. The zero-order chi connectivity index (χ0) is 35.7. The molecule has 1 atom stereocenters. The Morgan fingerprint density at radius 1 is 0.860 bits per heavy atom. The molecule has 1 fully saturated rings. The maximum absolute atomic E-state index is 14.9. The van der Waals surface area contributed by atoms with E-state index in [0.717, 1.165) is 53.1 Å². The van der Waals surface area contributed by atoms with E-state index in [4.69, 9.17) is 21.1 Å². The Bertz CT molecular complexity index is 1860. The van der Waals surface area contributed by atoms with Crippen LogP contribution in [0.4, 0.5) is 5.69 Å². The van der Waals surface area contributed by atoms with E-state index in [0.29, 0.717) is 5.75 Å². The number of nitrogens with zero attached hydrogens (tertiary/aromatic N) is 2. The average Bonchev–Trinajstić information content (AvgIpc) is 3.13. The number of ether oxygens (including phenoxy) is 2. The summed E-state index contributed by atoms with van der Waals surface area (Å²) in [5.74, 6) is -0.0583. The highest BCUT2D eigenvalue weighted by Crippen LogP contribution is 2.35. The van der Waals surface area contributed by atoms with E-state index in [1.807, 2.05) is 49.4 Å². The molecule has 0 aliphatic heterocycles. The molecule has 1 saturated carbocycles. The molecule has 1 aliphatic rings. The lowest BCUT2D eigenvalue weighted by molar-refractivity contribution is -0.140. The summed E-state index contributed by atoms with van der Waals surface area (Å²) in [6.45, 7) is 1.26. The Morgan fingerprint density at radius 2 is 1.56 bits per heavy atom. The predicted molar refractivity (Wildman–Crippen MR) is 196 cm³/mol. The van der Waals surface area contributed by atoms with Crippen LogP contribution in [0.1, 0.15) is 48.8 Å². The van der Waals surface area contributed by atoms with Gasteiger partial charge in [-0.25, -0.2) is 8.42 Å². The van der Waals surface area contributed by atoms with Crippen molar-refractivity contribution in [3.8, 4) is 11.5 Å². The second-order valence-electron chi connectivity index (χ2n) is 12.6. The molecular weight excluding hydrogens is 674 g/mol. The number of nitrogens with one attached hydrogen (secondary N) is 1. The highest BCUT2D eigenvalue weighted by Gasteiger charge is 2.36. The first-order valence-corrected chi connectivity index (χ1v) is 18.6.